The molecular weight excluding hydrogens is 372 g/mol. The molecule has 3 rings (SSSR count). The molecule has 1 fully saturated rings. The number of carbonyl (C=O) groups excluding carboxylic acids is 3. The number of esters is 1. The lowest BCUT2D eigenvalue weighted by atomic mass is 9.78. The lowest BCUT2D eigenvalue weighted by Crippen LogP contribution is -2.47. The molecule has 0 bridgehead atoms. The Hall–Kier alpha value is -2.57. The van der Waals surface area contributed by atoms with E-state index in [2.05, 4.69) is 19.2 Å². The summed E-state index contributed by atoms with van der Waals surface area (Å²) in [6.07, 6.45) is 2.38. The van der Waals surface area contributed by atoms with Gasteiger partial charge in [0.1, 0.15) is 5.75 Å². The first kappa shape index (κ1) is 21.1. The predicted molar refractivity (Wildman–Crippen MR) is 109 cm³/mol. The van der Waals surface area contributed by atoms with Gasteiger partial charge >= 0.3 is 5.97 Å². The van der Waals surface area contributed by atoms with Gasteiger partial charge in [-0.3, -0.25) is 14.4 Å². The summed E-state index contributed by atoms with van der Waals surface area (Å²) in [5.74, 6) is 0.613. The number of nitrogens with one attached hydrogen (secondary N) is 1. The summed E-state index contributed by atoms with van der Waals surface area (Å²) >= 11 is 0. The maximum absolute atomic E-state index is 12.5. The molecule has 0 spiro atoms. The van der Waals surface area contributed by atoms with Crippen LogP contribution in [0.25, 0.3) is 0 Å². The van der Waals surface area contributed by atoms with Gasteiger partial charge in [-0.25, -0.2) is 0 Å². The molecule has 1 saturated carbocycles. The SMILES string of the molecule is C[C@@H]1[C@@H](C)CCC[C@H]1NC(=O)[C@@H](C)OC(=O)CCN1C(=O)COc2ccccc21. The molecule has 29 heavy (non-hydrogen) atoms. The van der Waals surface area contributed by atoms with Gasteiger partial charge in [-0.05, 0) is 37.3 Å². The number of amides is 2. The van der Waals surface area contributed by atoms with E-state index in [0.29, 0.717) is 23.3 Å². The van der Waals surface area contributed by atoms with E-state index in [0.717, 1.165) is 12.8 Å². The Morgan fingerprint density at radius 3 is 2.83 bits per heavy atom. The van der Waals surface area contributed by atoms with E-state index >= 15 is 0 Å². The number of fused-ring (bicyclic) bond motifs is 1. The third-order valence-electron chi connectivity index (χ3n) is 6.06. The van der Waals surface area contributed by atoms with Crippen LogP contribution in [0.3, 0.4) is 0 Å². The maximum Gasteiger partial charge on any atom is 0.308 e. The molecule has 158 valence electrons. The third-order valence-corrected chi connectivity index (χ3v) is 6.06. The number of hydrogen-bond donors (Lipinski definition) is 1. The number of carbonyl (C=O) groups is 3. The Kier molecular flexibility index (Phi) is 6.77. The van der Waals surface area contributed by atoms with Crippen molar-refractivity contribution in [3.05, 3.63) is 24.3 Å². The summed E-state index contributed by atoms with van der Waals surface area (Å²) in [6, 6.07) is 7.32. The predicted octanol–water partition coefficient (Wildman–Crippen LogP) is 2.67. The largest absolute Gasteiger partial charge is 0.482 e. The minimum absolute atomic E-state index is 0.00849. The second kappa shape index (κ2) is 9.29. The van der Waals surface area contributed by atoms with E-state index < -0.39 is 12.1 Å². The van der Waals surface area contributed by atoms with Crippen molar-refractivity contribution in [3.63, 3.8) is 0 Å². The van der Waals surface area contributed by atoms with Crippen LogP contribution in [0.5, 0.6) is 5.75 Å². The molecule has 0 unspecified atom stereocenters. The molecule has 0 radical (unpaired) electrons. The van der Waals surface area contributed by atoms with Crippen LogP contribution in [-0.4, -0.2) is 43.1 Å². The summed E-state index contributed by atoms with van der Waals surface area (Å²) in [6.45, 7) is 6.08. The van der Waals surface area contributed by atoms with Crippen molar-refractivity contribution >= 4 is 23.5 Å². The quantitative estimate of drug-likeness (QED) is 0.740. The third kappa shape index (κ3) is 5.08. The lowest BCUT2D eigenvalue weighted by molar-refractivity contribution is -0.155. The minimum Gasteiger partial charge on any atom is -0.482 e. The number of nitrogens with zero attached hydrogens (tertiary/aromatic N) is 1. The molecule has 1 aromatic rings. The van der Waals surface area contributed by atoms with Crippen LogP contribution < -0.4 is 15.0 Å². The Balaban J connectivity index is 1.49. The van der Waals surface area contributed by atoms with Gasteiger partial charge in [0.15, 0.2) is 12.7 Å². The number of anilines is 1. The van der Waals surface area contributed by atoms with Crippen LogP contribution in [0.2, 0.25) is 0 Å². The van der Waals surface area contributed by atoms with Gasteiger partial charge in [-0.15, -0.1) is 0 Å². The Labute approximate surface area is 171 Å². The highest BCUT2D eigenvalue weighted by Crippen LogP contribution is 2.31. The molecule has 7 nitrogen and oxygen atoms in total. The average molecular weight is 402 g/mol. The van der Waals surface area contributed by atoms with Crippen LogP contribution in [0.4, 0.5) is 5.69 Å². The van der Waals surface area contributed by atoms with Crippen molar-refractivity contribution in [3.8, 4) is 5.75 Å². The van der Waals surface area contributed by atoms with E-state index in [4.69, 9.17) is 9.47 Å². The summed E-state index contributed by atoms with van der Waals surface area (Å²) < 4.78 is 10.7. The first-order chi connectivity index (χ1) is 13.9. The van der Waals surface area contributed by atoms with Gasteiger partial charge < -0.3 is 19.7 Å². The Morgan fingerprint density at radius 1 is 1.28 bits per heavy atom. The van der Waals surface area contributed by atoms with Crippen molar-refractivity contribution in [1.29, 1.82) is 0 Å². The molecule has 1 aliphatic carbocycles. The maximum atomic E-state index is 12.5. The van der Waals surface area contributed by atoms with Crippen molar-refractivity contribution in [2.45, 2.75) is 58.6 Å². The molecule has 2 aliphatic rings. The molecule has 1 N–H and O–H groups in total. The molecule has 1 aromatic carbocycles. The molecule has 0 saturated heterocycles. The highest BCUT2D eigenvalue weighted by atomic mass is 16.5. The topological polar surface area (TPSA) is 84.9 Å². The second-order valence-electron chi connectivity index (χ2n) is 8.07. The molecular formula is C22H30N2O5. The lowest BCUT2D eigenvalue weighted by Gasteiger charge is -2.35. The smallest absolute Gasteiger partial charge is 0.308 e. The van der Waals surface area contributed by atoms with E-state index in [9.17, 15) is 14.4 Å². The molecule has 7 heteroatoms. The molecule has 4 atom stereocenters. The van der Waals surface area contributed by atoms with Gasteiger partial charge in [-0.2, -0.15) is 0 Å². The fourth-order valence-corrected chi connectivity index (χ4v) is 4.00. The van der Waals surface area contributed by atoms with E-state index in [1.54, 1.807) is 19.1 Å². The highest BCUT2D eigenvalue weighted by Gasteiger charge is 2.30. The van der Waals surface area contributed by atoms with Gasteiger partial charge in [0.05, 0.1) is 12.1 Å². The van der Waals surface area contributed by atoms with Crippen LogP contribution >= 0.6 is 0 Å². The summed E-state index contributed by atoms with van der Waals surface area (Å²) in [5, 5.41) is 3.03. The van der Waals surface area contributed by atoms with Crippen LogP contribution in [-0.2, 0) is 19.1 Å². The van der Waals surface area contributed by atoms with Gasteiger partial charge in [0.2, 0.25) is 0 Å². The zero-order chi connectivity index (χ0) is 21.0. The standard InChI is InChI=1S/C22H30N2O5/c1-14-7-6-8-17(15(14)2)23-22(27)16(3)29-21(26)11-12-24-18-9-4-5-10-19(18)28-13-20(24)25/h4-5,9-10,14-17H,6-8,11-13H2,1-3H3,(H,23,27)/t14-,15+,16+,17+/m0/s1. The van der Waals surface area contributed by atoms with Crippen molar-refractivity contribution in [1.82, 2.24) is 5.32 Å². The Morgan fingerprint density at radius 2 is 2.03 bits per heavy atom. The minimum atomic E-state index is -0.861. The zero-order valence-electron chi connectivity index (χ0n) is 17.3. The molecule has 1 heterocycles. The number of hydrogen-bond acceptors (Lipinski definition) is 5. The summed E-state index contributed by atoms with van der Waals surface area (Å²) in [4.78, 5) is 38.4. The second-order valence-corrected chi connectivity index (χ2v) is 8.07. The number of ether oxygens (including phenoxy) is 2. The molecule has 0 aromatic heterocycles. The van der Waals surface area contributed by atoms with Gasteiger partial charge in [0.25, 0.3) is 11.8 Å². The fourth-order valence-electron chi connectivity index (χ4n) is 4.00. The van der Waals surface area contributed by atoms with Crippen LogP contribution in [0.1, 0.15) is 46.5 Å². The molecule has 2 amide bonds. The Bertz CT molecular complexity index is 765. The van der Waals surface area contributed by atoms with Crippen molar-refractivity contribution in [2.24, 2.45) is 11.8 Å². The van der Waals surface area contributed by atoms with E-state index in [1.807, 2.05) is 12.1 Å². The highest BCUT2D eigenvalue weighted by molar-refractivity contribution is 5.98. The van der Waals surface area contributed by atoms with Gasteiger partial charge in [0, 0.05) is 12.6 Å². The van der Waals surface area contributed by atoms with Gasteiger partial charge in [-0.1, -0.05) is 38.8 Å². The summed E-state index contributed by atoms with van der Waals surface area (Å²) in [7, 11) is 0. The van der Waals surface area contributed by atoms with Crippen LogP contribution in [0, 0.1) is 11.8 Å². The van der Waals surface area contributed by atoms with E-state index in [-0.39, 0.29) is 37.4 Å². The molecule has 1 aliphatic heterocycles. The fraction of sp³-hybridized carbons (Fsp3) is 0.591. The number of rotatable bonds is 6. The monoisotopic (exact) mass is 402 g/mol. The number of para-hydroxylation sites is 2. The first-order valence-corrected chi connectivity index (χ1v) is 10.4. The van der Waals surface area contributed by atoms with E-state index in [1.165, 1.54) is 11.3 Å². The normalized spacial score (nSPS) is 24.9. The van der Waals surface area contributed by atoms with Crippen LogP contribution in [0.15, 0.2) is 24.3 Å². The zero-order valence-corrected chi connectivity index (χ0v) is 17.3. The van der Waals surface area contributed by atoms with Crippen molar-refractivity contribution < 1.29 is 23.9 Å². The van der Waals surface area contributed by atoms with Crippen molar-refractivity contribution in [2.75, 3.05) is 18.1 Å². The first-order valence-electron chi connectivity index (χ1n) is 10.4. The number of benzene rings is 1. The summed E-state index contributed by atoms with van der Waals surface area (Å²) in [5.41, 5.74) is 0.641. The average Bonchev–Trinajstić information content (AvgIpc) is 2.70.